The summed E-state index contributed by atoms with van der Waals surface area (Å²) in [6.07, 6.45) is 8.09. The van der Waals surface area contributed by atoms with Crippen LogP contribution in [0.25, 0.3) is 0 Å². The fourth-order valence-electron chi connectivity index (χ4n) is 3.65. The average Bonchev–Trinajstić information content (AvgIpc) is 3.49. The number of hydrogen-bond donors (Lipinski definition) is 0. The van der Waals surface area contributed by atoms with Gasteiger partial charge in [0.15, 0.2) is 0 Å². The van der Waals surface area contributed by atoms with Crippen molar-refractivity contribution in [3.63, 3.8) is 0 Å². The molecule has 0 spiro atoms. The molecule has 26 heavy (non-hydrogen) atoms. The molecule has 1 saturated carbocycles. The molecule has 0 radical (unpaired) electrons. The zero-order chi connectivity index (χ0) is 18.1. The van der Waals surface area contributed by atoms with E-state index in [4.69, 9.17) is 0 Å². The molecule has 3 heterocycles. The van der Waals surface area contributed by atoms with Crippen LogP contribution in [-0.4, -0.2) is 32.6 Å². The highest BCUT2D eigenvalue weighted by molar-refractivity contribution is 5.40. The maximum atomic E-state index is 12.3. The van der Waals surface area contributed by atoms with Crippen molar-refractivity contribution in [1.82, 2.24) is 19.5 Å². The average molecular weight is 353 g/mol. The third kappa shape index (κ3) is 3.79. The van der Waals surface area contributed by atoms with Crippen molar-refractivity contribution in [3.05, 3.63) is 46.5 Å². The predicted molar refractivity (Wildman–Crippen MR) is 102 cm³/mol. The molecule has 0 atom stereocenters. The molecule has 2 aromatic rings. The van der Waals surface area contributed by atoms with Crippen LogP contribution in [0.5, 0.6) is 0 Å². The van der Waals surface area contributed by atoms with Gasteiger partial charge in [0.25, 0.3) is 5.56 Å². The van der Waals surface area contributed by atoms with Gasteiger partial charge in [0.1, 0.15) is 12.1 Å². The van der Waals surface area contributed by atoms with Crippen LogP contribution in [0.15, 0.2) is 29.6 Å². The van der Waals surface area contributed by atoms with Crippen molar-refractivity contribution in [3.8, 4) is 0 Å². The van der Waals surface area contributed by atoms with Crippen LogP contribution in [0.1, 0.15) is 62.8 Å². The molecule has 0 amide bonds. The summed E-state index contributed by atoms with van der Waals surface area (Å²) >= 11 is 0. The molecule has 138 valence electrons. The van der Waals surface area contributed by atoms with Gasteiger partial charge in [-0.1, -0.05) is 13.8 Å². The third-order valence-electron chi connectivity index (χ3n) is 5.56. The number of hydrogen-bond acceptors (Lipinski definition) is 5. The smallest absolute Gasteiger partial charge is 0.253 e. The van der Waals surface area contributed by atoms with E-state index in [1.165, 1.54) is 18.5 Å². The summed E-state index contributed by atoms with van der Waals surface area (Å²) in [7, 11) is 0. The van der Waals surface area contributed by atoms with E-state index in [1.54, 1.807) is 23.3 Å². The first-order valence-corrected chi connectivity index (χ1v) is 9.73. The van der Waals surface area contributed by atoms with Crippen LogP contribution in [0.3, 0.4) is 0 Å². The van der Waals surface area contributed by atoms with E-state index in [2.05, 4.69) is 39.8 Å². The minimum Gasteiger partial charge on any atom is -0.356 e. The summed E-state index contributed by atoms with van der Waals surface area (Å²) in [6, 6.07) is 3.84. The Morgan fingerprint density at radius 3 is 2.50 bits per heavy atom. The van der Waals surface area contributed by atoms with E-state index in [1.807, 2.05) is 0 Å². The lowest BCUT2D eigenvalue weighted by Gasteiger charge is -2.33. The minimum absolute atomic E-state index is 0.0657. The molecule has 1 aliphatic heterocycles. The fourth-order valence-corrected chi connectivity index (χ4v) is 3.65. The SMILES string of the molecule is CC(C)c1cc(=O)n(CC2CCN(c3cc(C4CC4)ncn3)CC2)cn1. The monoisotopic (exact) mass is 353 g/mol. The molecule has 1 aliphatic carbocycles. The van der Waals surface area contributed by atoms with Crippen LogP contribution in [-0.2, 0) is 6.54 Å². The molecule has 2 fully saturated rings. The number of aromatic nitrogens is 4. The molecular formula is C20H27N5O. The van der Waals surface area contributed by atoms with Crippen molar-refractivity contribution >= 4 is 5.82 Å². The van der Waals surface area contributed by atoms with Gasteiger partial charge in [-0.3, -0.25) is 9.36 Å². The van der Waals surface area contributed by atoms with Crippen LogP contribution in [0, 0.1) is 5.92 Å². The highest BCUT2D eigenvalue weighted by atomic mass is 16.1. The second-order valence-electron chi connectivity index (χ2n) is 7.96. The van der Waals surface area contributed by atoms with Gasteiger partial charge in [-0.05, 0) is 37.5 Å². The lowest BCUT2D eigenvalue weighted by atomic mass is 9.96. The third-order valence-corrected chi connectivity index (χ3v) is 5.56. The molecule has 0 aromatic carbocycles. The van der Waals surface area contributed by atoms with Crippen LogP contribution >= 0.6 is 0 Å². The Morgan fingerprint density at radius 1 is 1.08 bits per heavy atom. The number of nitrogens with zero attached hydrogens (tertiary/aromatic N) is 5. The molecule has 4 rings (SSSR count). The summed E-state index contributed by atoms with van der Waals surface area (Å²) < 4.78 is 1.77. The topological polar surface area (TPSA) is 63.9 Å². The summed E-state index contributed by atoms with van der Waals surface area (Å²) in [4.78, 5) is 28.0. The molecule has 0 bridgehead atoms. The Hall–Kier alpha value is -2.24. The molecule has 2 aromatic heterocycles. The molecular weight excluding hydrogens is 326 g/mol. The summed E-state index contributed by atoms with van der Waals surface area (Å²) in [5, 5.41) is 0. The number of anilines is 1. The van der Waals surface area contributed by atoms with E-state index >= 15 is 0 Å². The first kappa shape index (κ1) is 17.2. The lowest BCUT2D eigenvalue weighted by molar-refractivity contribution is 0.349. The van der Waals surface area contributed by atoms with Crippen molar-refractivity contribution in [2.45, 2.75) is 57.9 Å². The molecule has 0 N–H and O–H groups in total. The van der Waals surface area contributed by atoms with Crippen LogP contribution < -0.4 is 10.5 Å². The van der Waals surface area contributed by atoms with E-state index < -0.39 is 0 Å². The normalized spacial score (nSPS) is 18.5. The molecule has 0 unspecified atom stereocenters. The quantitative estimate of drug-likeness (QED) is 0.827. The van der Waals surface area contributed by atoms with Gasteiger partial charge < -0.3 is 4.90 Å². The second kappa shape index (κ2) is 7.17. The molecule has 1 saturated heterocycles. The van der Waals surface area contributed by atoms with Crippen molar-refractivity contribution < 1.29 is 0 Å². The van der Waals surface area contributed by atoms with Crippen LogP contribution in [0.2, 0.25) is 0 Å². The minimum atomic E-state index is 0.0657. The molecule has 2 aliphatic rings. The Kier molecular flexibility index (Phi) is 4.74. The molecule has 6 heteroatoms. The van der Waals surface area contributed by atoms with Gasteiger partial charge in [-0.2, -0.15) is 0 Å². The van der Waals surface area contributed by atoms with E-state index in [9.17, 15) is 4.79 Å². The van der Waals surface area contributed by atoms with E-state index in [0.717, 1.165) is 44.0 Å². The Morgan fingerprint density at radius 2 is 1.85 bits per heavy atom. The zero-order valence-electron chi connectivity index (χ0n) is 15.6. The van der Waals surface area contributed by atoms with Gasteiger partial charge in [0.2, 0.25) is 0 Å². The summed E-state index contributed by atoms with van der Waals surface area (Å²) in [5.74, 6) is 2.51. The van der Waals surface area contributed by atoms with Crippen molar-refractivity contribution in [2.24, 2.45) is 5.92 Å². The lowest BCUT2D eigenvalue weighted by Crippen LogP contribution is -2.37. The van der Waals surface area contributed by atoms with Crippen LogP contribution in [0.4, 0.5) is 5.82 Å². The first-order valence-electron chi connectivity index (χ1n) is 9.73. The van der Waals surface area contributed by atoms with Gasteiger partial charge in [-0.15, -0.1) is 0 Å². The van der Waals surface area contributed by atoms with Gasteiger partial charge in [-0.25, -0.2) is 15.0 Å². The maximum Gasteiger partial charge on any atom is 0.253 e. The highest BCUT2D eigenvalue weighted by Gasteiger charge is 2.27. The van der Waals surface area contributed by atoms with E-state index in [0.29, 0.717) is 11.8 Å². The van der Waals surface area contributed by atoms with E-state index in [-0.39, 0.29) is 11.5 Å². The van der Waals surface area contributed by atoms with Crippen molar-refractivity contribution in [1.29, 1.82) is 0 Å². The fraction of sp³-hybridized carbons (Fsp3) is 0.600. The van der Waals surface area contributed by atoms with Crippen molar-refractivity contribution in [2.75, 3.05) is 18.0 Å². The summed E-state index contributed by atoms with van der Waals surface area (Å²) in [6.45, 7) is 6.85. The second-order valence-corrected chi connectivity index (χ2v) is 7.96. The maximum absolute atomic E-state index is 12.3. The largest absolute Gasteiger partial charge is 0.356 e. The predicted octanol–water partition coefficient (Wildman–Crippen LogP) is 2.95. The Labute approximate surface area is 154 Å². The highest BCUT2D eigenvalue weighted by Crippen LogP contribution is 2.39. The Bertz CT molecular complexity index is 819. The zero-order valence-corrected chi connectivity index (χ0v) is 15.6. The van der Waals surface area contributed by atoms with Gasteiger partial charge in [0, 0.05) is 43.4 Å². The van der Waals surface area contributed by atoms with Gasteiger partial charge in [0.05, 0.1) is 12.0 Å². The van der Waals surface area contributed by atoms with Gasteiger partial charge >= 0.3 is 0 Å². The Balaban J connectivity index is 1.36. The standard InChI is InChI=1S/C20H27N5O/c1-14(2)17-10-20(26)25(13-23-17)11-15-5-7-24(8-6-15)19-9-18(16-3-4-16)21-12-22-19/h9-10,12-16H,3-8,11H2,1-2H3. The first-order chi connectivity index (χ1) is 12.6. The number of piperidine rings is 1. The summed E-state index contributed by atoms with van der Waals surface area (Å²) in [5.41, 5.74) is 2.13. The molecule has 6 nitrogen and oxygen atoms in total. The number of rotatable bonds is 5.